The number of rotatable bonds is 7. The molecule has 0 spiro atoms. The largest absolute Gasteiger partial charge is 0.356 e. The van der Waals surface area contributed by atoms with Gasteiger partial charge in [0.2, 0.25) is 5.91 Å². The summed E-state index contributed by atoms with van der Waals surface area (Å²) < 4.78 is 1.06. The van der Waals surface area contributed by atoms with Gasteiger partial charge in [-0.05, 0) is 25.1 Å². The summed E-state index contributed by atoms with van der Waals surface area (Å²) in [5.74, 6) is 0.0214. The van der Waals surface area contributed by atoms with Crippen LogP contribution < -0.4 is 10.6 Å². The van der Waals surface area contributed by atoms with Crippen molar-refractivity contribution in [1.29, 1.82) is 0 Å². The first-order valence-corrected chi connectivity index (χ1v) is 8.48. The Morgan fingerprint density at radius 1 is 1.38 bits per heavy atom. The van der Waals surface area contributed by atoms with Crippen LogP contribution in [-0.2, 0) is 11.3 Å². The van der Waals surface area contributed by atoms with Gasteiger partial charge in [0.25, 0.3) is 0 Å². The highest BCUT2D eigenvalue weighted by atomic mass is 79.9. The molecule has 1 aromatic heterocycles. The zero-order chi connectivity index (χ0) is 15.1. The first-order valence-electron chi connectivity index (χ1n) is 6.80. The van der Waals surface area contributed by atoms with E-state index in [-0.39, 0.29) is 5.91 Å². The third-order valence-electron chi connectivity index (χ3n) is 2.83. The molecule has 0 aliphatic heterocycles. The van der Waals surface area contributed by atoms with Crippen molar-refractivity contribution in [3.63, 3.8) is 0 Å². The number of hydrogen-bond acceptors (Lipinski definition) is 4. The summed E-state index contributed by atoms with van der Waals surface area (Å²) in [7, 11) is 0. The second-order valence-electron chi connectivity index (χ2n) is 4.67. The number of nitrogens with one attached hydrogen (secondary N) is 2. The Kier molecular flexibility index (Phi) is 6.35. The molecule has 1 heterocycles. The first-order chi connectivity index (χ1) is 10.1. The summed E-state index contributed by atoms with van der Waals surface area (Å²) in [4.78, 5) is 15.3. The number of carbonyl (C=O) groups is 1. The molecule has 6 heteroatoms. The minimum atomic E-state index is 0.0214. The van der Waals surface area contributed by atoms with Crippen LogP contribution in [0.4, 0.5) is 0 Å². The lowest BCUT2D eigenvalue weighted by Crippen LogP contribution is -2.25. The molecule has 1 amide bonds. The van der Waals surface area contributed by atoms with Crippen molar-refractivity contribution in [2.75, 3.05) is 13.1 Å². The van der Waals surface area contributed by atoms with Crippen molar-refractivity contribution in [2.45, 2.75) is 19.9 Å². The molecule has 21 heavy (non-hydrogen) atoms. The molecule has 2 N–H and O–H groups in total. The second-order valence-corrected chi connectivity index (χ2v) is 6.44. The topological polar surface area (TPSA) is 54.0 Å². The van der Waals surface area contributed by atoms with E-state index in [1.807, 2.05) is 12.1 Å². The van der Waals surface area contributed by atoms with Crippen molar-refractivity contribution in [3.8, 4) is 10.6 Å². The highest BCUT2D eigenvalue weighted by molar-refractivity contribution is 9.10. The van der Waals surface area contributed by atoms with Gasteiger partial charge in [-0.25, -0.2) is 4.98 Å². The number of hydrogen-bond donors (Lipinski definition) is 2. The quantitative estimate of drug-likeness (QED) is 0.738. The third kappa shape index (κ3) is 5.57. The maximum absolute atomic E-state index is 10.7. The molecule has 2 rings (SSSR count). The van der Waals surface area contributed by atoms with Gasteiger partial charge in [-0.1, -0.05) is 28.1 Å². The van der Waals surface area contributed by atoms with Crippen molar-refractivity contribution in [3.05, 3.63) is 39.8 Å². The maximum atomic E-state index is 10.7. The number of nitrogens with zero attached hydrogens (tertiary/aromatic N) is 1. The van der Waals surface area contributed by atoms with Crippen LogP contribution in [0.5, 0.6) is 0 Å². The van der Waals surface area contributed by atoms with Crippen LogP contribution in [0.3, 0.4) is 0 Å². The summed E-state index contributed by atoms with van der Waals surface area (Å²) in [6, 6.07) is 8.16. The zero-order valence-corrected chi connectivity index (χ0v) is 14.3. The first kappa shape index (κ1) is 16.1. The Hall–Kier alpha value is -1.24. The number of carbonyl (C=O) groups excluding carboxylic acids is 1. The van der Waals surface area contributed by atoms with E-state index in [4.69, 9.17) is 0 Å². The molecule has 2 aromatic rings. The molecule has 0 unspecified atom stereocenters. The minimum Gasteiger partial charge on any atom is -0.356 e. The van der Waals surface area contributed by atoms with Crippen molar-refractivity contribution in [2.24, 2.45) is 0 Å². The fourth-order valence-corrected chi connectivity index (χ4v) is 3.05. The standard InChI is InChI=1S/C15H18BrN3OS/c1-11(20)18-7-3-6-17-9-14-10-21-15(19-14)12-4-2-5-13(16)8-12/h2,4-5,8,10,17H,3,6-7,9H2,1H3,(H,18,20). The van der Waals surface area contributed by atoms with Gasteiger partial charge in [-0.3, -0.25) is 4.79 Å². The van der Waals surface area contributed by atoms with E-state index < -0.39 is 0 Å². The van der Waals surface area contributed by atoms with Crippen LogP contribution in [0.1, 0.15) is 19.0 Å². The van der Waals surface area contributed by atoms with Crippen LogP contribution >= 0.6 is 27.3 Å². The maximum Gasteiger partial charge on any atom is 0.216 e. The van der Waals surface area contributed by atoms with Crippen LogP contribution in [0.2, 0.25) is 0 Å². The number of thiazole rings is 1. The summed E-state index contributed by atoms with van der Waals surface area (Å²) in [6.07, 6.45) is 0.919. The van der Waals surface area contributed by atoms with Gasteiger partial charge in [0.1, 0.15) is 5.01 Å². The van der Waals surface area contributed by atoms with Crippen LogP contribution in [0.15, 0.2) is 34.1 Å². The molecule has 0 bridgehead atoms. The fourth-order valence-electron chi connectivity index (χ4n) is 1.84. The lowest BCUT2D eigenvalue weighted by atomic mass is 10.2. The Morgan fingerprint density at radius 3 is 3.00 bits per heavy atom. The van der Waals surface area contributed by atoms with Crippen molar-refractivity contribution in [1.82, 2.24) is 15.6 Å². The predicted octanol–water partition coefficient (Wildman–Crippen LogP) is 3.19. The van der Waals surface area contributed by atoms with E-state index in [9.17, 15) is 4.79 Å². The van der Waals surface area contributed by atoms with Gasteiger partial charge in [0.05, 0.1) is 5.69 Å². The van der Waals surface area contributed by atoms with E-state index in [0.29, 0.717) is 6.54 Å². The molecule has 0 radical (unpaired) electrons. The second kappa shape index (κ2) is 8.26. The van der Waals surface area contributed by atoms with Gasteiger partial charge in [0, 0.05) is 35.4 Å². The van der Waals surface area contributed by atoms with Crippen LogP contribution in [0.25, 0.3) is 10.6 Å². The van der Waals surface area contributed by atoms with E-state index in [1.165, 1.54) is 6.92 Å². The molecule has 0 fully saturated rings. The Bertz CT molecular complexity index is 600. The number of halogens is 1. The van der Waals surface area contributed by atoms with Gasteiger partial charge in [-0.15, -0.1) is 11.3 Å². The lowest BCUT2D eigenvalue weighted by molar-refractivity contribution is -0.118. The SMILES string of the molecule is CC(=O)NCCCNCc1csc(-c2cccc(Br)c2)n1. The predicted molar refractivity (Wildman–Crippen MR) is 90.3 cm³/mol. The van der Waals surface area contributed by atoms with Crippen LogP contribution in [-0.4, -0.2) is 24.0 Å². The average molecular weight is 368 g/mol. The molecular weight excluding hydrogens is 350 g/mol. The van der Waals surface area contributed by atoms with Gasteiger partial charge < -0.3 is 10.6 Å². The number of benzene rings is 1. The Labute approximate surface area is 137 Å². The van der Waals surface area contributed by atoms with Crippen LogP contribution in [0, 0.1) is 0 Å². The van der Waals surface area contributed by atoms with Gasteiger partial charge in [0.15, 0.2) is 0 Å². The monoisotopic (exact) mass is 367 g/mol. The number of aromatic nitrogens is 1. The smallest absolute Gasteiger partial charge is 0.216 e. The van der Waals surface area contributed by atoms with E-state index in [0.717, 1.165) is 40.2 Å². The van der Waals surface area contributed by atoms with Gasteiger partial charge >= 0.3 is 0 Å². The summed E-state index contributed by atoms with van der Waals surface area (Å²) in [6.45, 7) is 3.86. The van der Waals surface area contributed by atoms with Crippen molar-refractivity contribution >= 4 is 33.2 Å². The zero-order valence-electron chi connectivity index (χ0n) is 11.9. The minimum absolute atomic E-state index is 0.0214. The molecule has 0 atom stereocenters. The molecule has 0 aliphatic rings. The molecular formula is C15H18BrN3OS. The molecule has 0 saturated carbocycles. The molecule has 4 nitrogen and oxygen atoms in total. The molecule has 0 aliphatic carbocycles. The summed E-state index contributed by atoms with van der Waals surface area (Å²) in [5, 5.41) is 9.23. The summed E-state index contributed by atoms with van der Waals surface area (Å²) >= 11 is 5.13. The average Bonchev–Trinajstić information content (AvgIpc) is 2.91. The molecule has 112 valence electrons. The number of amides is 1. The fraction of sp³-hybridized carbons (Fsp3) is 0.333. The van der Waals surface area contributed by atoms with E-state index in [2.05, 4.69) is 49.1 Å². The van der Waals surface area contributed by atoms with E-state index in [1.54, 1.807) is 11.3 Å². The van der Waals surface area contributed by atoms with E-state index >= 15 is 0 Å². The Balaban J connectivity index is 1.77. The third-order valence-corrected chi connectivity index (χ3v) is 4.27. The molecule has 0 saturated heterocycles. The highest BCUT2D eigenvalue weighted by Gasteiger charge is 2.04. The highest BCUT2D eigenvalue weighted by Crippen LogP contribution is 2.26. The lowest BCUT2D eigenvalue weighted by Gasteiger charge is -2.03. The summed E-state index contributed by atoms with van der Waals surface area (Å²) in [5.41, 5.74) is 2.18. The molecule has 1 aromatic carbocycles. The normalized spacial score (nSPS) is 10.6. The Morgan fingerprint density at radius 2 is 2.24 bits per heavy atom. The van der Waals surface area contributed by atoms with Crippen molar-refractivity contribution < 1.29 is 4.79 Å². The van der Waals surface area contributed by atoms with Gasteiger partial charge in [-0.2, -0.15) is 0 Å².